The summed E-state index contributed by atoms with van der Waals surface area (Å²) in [7, 11) is 0. The van der Waals surface area contributed by atoms with E-state index in [0.29, 0.717) is 31.5 Å². The fourth-order valence-electron chi connectivity index (χ4n) is 9.70. The van der Waals surface area contributed by atoms with Crippen LogP contribution in [-0.4, -0.2) is 48.0 Å². The first-order valence-electron chi connectivity index (χ1n) is 13.3. The van der Waals surface area contributed by atoms with Crippen LogP contribution in [0.25, 0.3) is 0 Å². The summed E-state index contributed by atoms with van der Waals surface area (Å²) in [5.41, 5.74) is 0.954. The van der Waals surface area contributed by atoms with E-state index in [9.17, 15) is 9.90 Å². The Morgan fingerprint density at radius 1 is 1.29 bits per heavy atom. The third-order valence-corrected chi connectivity index (χ3v) is 10.4. The molecule has 35 heavy (non-hydrogen) atoms. The second-order valence-electron chi connectivity index (χ2n) is 11.9. The maximum atomic E-state index is 13.6. The summed E-state index contributed by atoms with van der Waals surface area (Å²) in [6, 6.07) is 10.0. The van der Waals surface area contributed by atoms with E-state index >= 15 is 0 Å². The first kappa shape index (κ1) is 23.1. The molecule has 0 aromatic heterocycles. The summed E-state index contributed by atoms with van der Waals surface area (Å²) in [6.45, 7) is 3.80. The van der Waals surface area contributed by atoms with Crippen LogP contribution < -0.4 is 0 Å². The number of carbonyl (C=O) groups is 1. The molecule has 1 saturated heterocycles. The van der Waals surface area contributed by atoms with Gasteiger partial charge in [-0.3, -0.25) is 0 Å². The Morgan fingerprint density at radius 2 is 2.11 bits per heavy atom. The molecule has 1 amide bonds. The summed E-state index contributed by atoms with van der Waals surface area (Å²) >= 11 is 0. The number of likely N-dealkylation sites (tertiary alicyclic amines) is 1. The zero-order valence-electron chi connectivity index (χ0n) is 20.7. The third kappa shape index (κ3) is 3.12. The molecule has 186 valence electrons. The molecule has 1 aromatic carbocycles. The van der Waals surface area contributed by atoms with Gasteiger partial charge in [0.05, 0.1) is 19.3 Å². The van der Waals surface area contributed by atoms with Crippen LogP contribution in [0.4, 0.5) is 4.79 Å². The van der Waals surface area contributed by atoms with E-state index in [1.54, 1.807) is 0 Å². The van der Waals surface area contributed by atoms with E-state index in [-0.39, 0.29) is 47.0 Å². The van der Waals surface area contributed by atoms with Crippen molar-refractivity contribution in [2.45, 2.75) is 64.2 Å². The largest absolute Gasteiger partial charge is 0.445 e. The minimum absolute atomic E-state index is 0.0233. The van der Waals surface area contributed by atoms with Gasteiger partial charge in [-0.05, 0) is 53.9 Å². The Hall–Kier alpha value is -2.29. The molecule has 1 aromatic rings. The predicted molar refractivity (Wildman–Crippen MR) is 133 cm³/mol. The number of ether oxygens (including phenoxy) is 2. The molecule has 1 unspecified atom stereocenters. The predicted octanol–water partition coefficient (Wildman–Crippen LogP) is 4.80. The van der Waals surface area contributed by atoms with Crippen molar-refractivity contribution in [3.05, 3.63) is 48.0 Å². The second kappa shape index (κ2) is 8.39. The maximum Gasteiger partial charge on any atom is 0.410 e. The van der Waals surface area contributed by atoms with Crippen molar-refractivity contribution >= 4 is 6.09 Å². The van der Waals surface area contributed by atoms with Crippen LogP contribution in [0.15, 0.2) is 42.5 Å². The van der Waals surface area contributed by atoms with E-state index < -0.39 is 0 Å². The van der Waals surface area contributed by atoms with Gasteiger partial charge in [0.25, 0.3) is 0 Å². The fourth-order valence-corrected chi connectivity index (χ4v) is 9.70. The van der Waals surface area contributed by atoms with Crippen LogP contribution in [0.1, 0.15) is 51.0 Å². The van der Waals surface area contributed by atoms with E-state index in [1.165, 1.54) is 0 Å². The van der Waals surface area contributed by atoms with Crippen molar-refractivity contribution in [3.63, 3.8) is 0 Å². The Bertz CT molecular complexity index is 1050. The summed E-state index contributed by atoms with van der Waals surface area (Å²) in [5.74, 6) is 4.10. The fraction of sp³-hybridized carbons (Fsp3) is 0.633. The third-order valence-electron chi connectivity index (χ3n) is 10.4. The van der Waals surface area contributed by atoms with Crippen molar-refractivity contribution in [1.82, 2.24) is 4.90 Å². The smallest absolute Gasteiger partial charge is 0.410 e. The van der Waals surface area contributed by atoms with Gasteiger partial charge < -0.3 is 19.5 Å². The van der Waals surface area contributed by atoms with Gasteiger partial charge in [-0.2, -0.15) is 0 Å². The summed E-state index contributed by atoms with van der Waals surface area (Å²) in [4.78, 5) is 15.6. The zero-order chi connectivity index (χ0) is 24.3. The van der Waals surface area contributed by atoms with Crippen LogP contribution in [0.5, 0.6) is 0 Å². The van der Waals surface area contributed by atoms with Crippen molar-refractivity contribution < 1.29 is 19.4 Å². The highest BCUT2D eigenvalue weighted by atomic mass is 16.6. The van der Waals surface area contributed by atoms with E-state index in [4.69, 9.17) is 15.9 Å². The number of terminal acetylenes is 1. The monoisotopic (exact) mass is 475 g/mol. The maximum absolute atomic E-state index is 13.6. The highest BCUT2D eigenvalue weighted by Gasteiger charge is 2.78. The van der Waals surface area contributed by atoms with Crippen molar-refractivity contribution in [2.24, 2.45) is 34.0 Å². The van der Waals surface area contributed by atoms with Crippen molar-refractivity contribution in [3.8, 4) is 12.3 Å². The van der Waals surface area contributed by atoms with E-state index in [1.807, 2.05) is 30.3 Å². The van der Waals surface area contributed by atoms with Gasteiger partial charge in [-0.25, -0.2) is 4.79 Å². The number of rotatable bonds is 6. The Labute approximate surface area is 208 Å². The number of allylic oxidation sites excluding steroid dienone is 1. The number of hydrogen-bond acceptors (Lipinski definition) is 4. The Kier molecular flexibility index (Phi) is 5.54. The number of aliphatic hydroxyl groups excluding tert-OH is 1. The molecule has 4 bridgehead atoms. The number of hydrogen-bond donors (Lipinski definition) is 1. The average molecular weight is 476 g/mol. The molecule has 6 rings (SSSR count). The highest BCUT2D eigenvalue weighted by Crippen LogP contribution is 2.78. The lowest BCUT2D eigenvalue weighted by molar-refractivity contribution is -0.149. The van der Waals surface area contributed by atoms with Gasteiger partial charge >= 0.3 is 6.09 Å². The highest BCUT2D eigenvalue weighted by molar-refractivity contribution is 5.69. The summed E-state index contributed by atoms with van der Waals surface area (Å²) in [5, 5.41) is 9.66. The van der Waals surface area contributed by atoms with Gasteiger partial charge in [0.2, 0.25) is 0 Å². The first-order chi connectivity index (χ1) is 17.0. The van der Waals surface area contributed by atoms with Crippen LogP contribution in [0.3, 0.4) is 0 Å². The second-order valence-corrected chi connectivity index (χ2v) is 11.9. The van der Waals surface area contributed by atoms with Gasteiger partial charge in [0.15, 0.2) is 0 Å². The number of nitrogens with zero attached hydrogens (tertiary/aromatic N) is 1. The summed E-state index contributed by atoms with van der Waals surface area (Å²) in [6.07, 6.45) is 16.6. The minimum Gasteiger partial charge on any atom is -0.445 e. The lowest BCUT2D eigenvalue weighted by atomic mass is 9.44. The van der Waals surface area contributed by atoms with E-state index in [0.717, 1.165) is 44.2 Å². The molecule has 0 radical (unpaired) electrons. The molecule has 5 aliphatic rings. The molecule has 4 fully saturated rings. The van der Waals surface area contributed by atoms with Gasteiger partial charge in [0, 0.05) is 30.3 Å². The van der Waals surface area contributed by atoms with Crippen LogP contribution in [0.2, 0.25) is 0 Å². The molecule has 5 nitrogen and oxygen atoms in total. The minimum atomic E-state index is -0.199. The normalized spacial score (nSPS) is 42.4. The quantitative estimate of drug-likeness (QED) is 0.474. The molecule has 8 atom stereocenters. The number of carbonyl (C=O) groups excluding carboxylic acids is 1. The van der Waals surface area contributed by atoms with Crippen molar-refractivity contribution in [2.75, 3.05) is 19.8 Å². The molecule has 1 spiro atoms. The average Bonchev–Trinajstić information content (AvgIpc) is 3.13. The molecular weight excluding hydrogens is 438 g/mol. The van der Waals surface area contributed by atoms with E-state index in [2.05, 4.69) is 29.9 Å². The Balaban J connectivity index is 1.39. The SMILES string of the molecule is C#CC[C@@]12C[C@H]3[C@@H]4[C@@](C)(CCC[C@]45C(OCCO)[C@@H]1C=CC[C@H]25)CN3C(=O)OCc1ccccc1. The zero-order valence-corrected chi connectivity index (χ0v) is 20.7. The van der Waals surface area contributed by atoms with Crippen LogP contribution in [0, 0.1) is 46.3 Å². The number of aliphatic hydroxyl groups is 1. The lowest BCUT2D eigenvalue weighted by Crippen LogP contribution is -2.59. The van der Waals surface area contributed by atoms with Crippen LogP contribution in [-0.2, 0) is 16.1 Å². The number of benzene rings is 1. The lowest BCUT2D eigenvalue weighted by Gasteiger charge is -2.60. The topological polar surface area (TPSA) is 59.0 Å². The standard InChI is InChI=1S/C30H37NO4/c1-3-13-29-18-23-25-28(2,20-31(23)27(33)35-19-21-9-5-4-6-10-21)14-8-15-30(25)24(29)12-7-11-22(29)26(30)34-17-16-32/h1,4-7,9-11,22-26,32H,8,12-20H2,2H3/t22-,23-,24+,25+,26?,28-,29+,30+/m0/s1. The molecule has 3 saturated carbocycles. The van der Waals surface area contributed by atoms with Crippen molar-refractivity contribution in [1.29, 1.82) is 0 Å². The molecule has 1 N–H and O–H groups in total. The molecule has 5 heteroatoms. The first-order valence-corrected chi connectivity index (χ1v) is 13.3. The summed E-state index contributed by atoms with van der Waals surface area (Å²) < 4.78 is 12.5. The molecule has 1 heterocycles. The number of amides is 1. The Morgan fingerprint density at radius 3 is 2.89 bits per heavy atom. The molecule has 4 aliphatic carbocycles. The molecule has 1 aliphatic heterocycles. The van der Waals surface area contributed by atoms with Gasteiger partial charge in [0.1, 0.15) is 6.61 Å². The van der Waals surface area contributed by atoms with Gasteiger partial charge in [-0.1, -0.05) is 55.8 Å². The van der Waals surface area contributed by atoms with Gasteiger partial charge in [-0.15, -0.1) is 12.3 Å². The molecular formula is C30H37NO4. The van der Waals surface area contributed by atoms with Crippen LogP contribution >= 0.6 is 0 Å².